The van der Waals surface area contributed by atoms with E-state index in [9.17, 15) is 13.6 Å². The maximum Gasteiger partial charge on any atom is 0.282 e. The van der Waals surface area contributed by atoms with Gasteiger partial charge in [0, 0.05) is 26.1 Å². The zero-order valence-corrected chi connectivity index (χ0v) is 14.0. The van der Waals surface area contributed by atoms with Crippen molar-refractivity contribution >= 4 is 5.91 Å². The Balaban J connectivity index is 1.85. The lowest BCUT2D eigenvalue weighted by atomic mass is 9.78. The molecule has 0 N–H and O–H groups in total. The molecule has 0 radical (unpaired) electrons. The number of rotatable bonds is 3. The van der Waals surface area contributed by atoms with Crippen LogP contribution in [0.15, 0.2) is 36.4 Å². The van der Waals surface area contributed by atoms with Gasteiger partial charge in [0.2, 0.25) is 0 Å². The molecule has 24 heavy (non-hydrogen) atoms. The number of amides is 1. The Kier molecular flexibility index (Phi) is 4.15. The van der Waals surface area contributed by atoms with E-state index in [4.69, 9.17) is 0 Å². The minimum absolute atomic E-state index is 0.0822. The Labute approximate surface area is 140 Å². The van der Waals surface area contributed by atoms with E-state index in [0.29, 0.717) is 13.1 Å². The van der Waals surface area contributed by atoms with Crippen molar-refractivity contribution in [2.75, 3.05) is 13.1 Å². The van der Waals surface area contributed by atoms with Crippen LogP contribution in [-0.2, 0) is 7.05 Å². The van der Waals surface area contributed by atoms with E-state index in [0.717, 1.165) is 0 Å². The van der Waals surface area contributed by atoms with Gasteiger partial charge >= 0.3 is 0 Å². The third kappa shape index (κ3) is 2.92. The summed E-state index contributed by atoms with van der Waals surface area (Å²) in [6.07, 6.45) is -2.68. The van der Waals surface area contributed by atoms with E-state index in [2.05, 4.69) is 31.1 Å². The molecule has 1 fully saturated rings. The summed E-state index contributed by atoms with van der Waals surface area (Å²) in [5.41, 5.74) is 0.950. The van der Waals surface area contributed by atoms with E-state index in [-0.39, 0.29) is 28.6 Å². The van der Waals surface area contributed by atoms with Crippen molar-refractivity contribution < 1.29 is 13.6 Å². The molecule has 2 heterocycles. The van der Waals surface area contributed by atoms with Gasteiger partial charge in [-0.25, -0.2) is 8.78 Å². The van der Waals surface area contributed by atoms with Gasteiger partial charge in [0.25, 0.3) is 12.3 Å². The van der Waals surface area contributed by atoms with Gasteiger partial charge in [-0.2, -0.15) is 5.10 Å². The molecule has 0 saturated carbocycles. The topological polar surface area (TPSA) is 38.1 Å². The first-order chi connectivity index (χ1) is 11.3. The van der Waals surface area contributed by atoms with Gasteiger partial charge in [-0.15, -0.1) is 0 Å². The van der Waals surface area contributed by atoms with Crippen LogP contribution in [0.3, 0.4) is 0 Å². The van der Waals surface area contributed by atoms with Gasteiger partial charge < -0.3 is 4.90 Å². The molecule has 1 amide bonds. The molecule has 2 aromatic rings. The Hall–Kier alpha value is -2.24. The summed E-state index contributed by atoms with van der Waals surface area (Å²) in [6, 6.07) is 11.3. The monoisotopic (exact) mass is 333 g/mol. The molecule has 1 aliphatic rings. The molecule has 0 spiro atoms. The first-order valence-electron chi connectivity index (χ1n) is 7.96. The second-order valence-electron chi connectivity index (χ2n) is 7.02. The van der Waals surface area contributed by atoms with Gasteiger partial charge in [0.1, 0.15) is 11.4 Å². The molecular weight excluding hydrogens is 312 g/mol. The number of carbonyl (C=O) groups excluding carboxylic acids is 1. The van der Waals surface area contributed by atoms with Crippen molar-refractivity contribution in [2.24, 2.45) is 12.5 Å². The van der Waals surface area contributed by atoms with Crippen molar-refractivity contribution in [3.8, 4) is 0 Å². The van der Waals surface area contributed by atoms with E-state index >= 15 is 0 Å². The van der Waals surface area contributed by atoms with Gasteiger partial charge in [-0.3, -0.25) is 9.48 Å². The van der Waals surface area contributed by atoms with Crippen molar-refractivity contribution in [3.05, 3.63) is 53.3 Å². The summed E-state index contributed by atoms with van der Waals surface area (Å²) >= 11 is 0. The first-order valence-corrected chi connectivity index (χ1v) is 7.96. The standard InChI is InChI=1S/C18H21F2N3O/c1-18(2)11-23(10-13(18)12-7-5-4-6-8-12)17(24)15-9-14(16(19)20)21-22(15)3/h4-9,13,16H,10-11H2,1-3H3/t13-/m1/s1. The van der Waals surface area contributed by atoms with Gasteiger partial charge in [-0.1, -0.05) is 44.2 Å². The first kappa shape index (κ1) is 16.6. The third-order valence-electron chi connectivity index (χ3n) is 4.78. The Bertz CT molecular complexity index is 740. The lowest BCUT2D eigenvalue weighted by Gasteiger charge is -2.25. The van der Waals surface area contributed by atoms with Gasteiger partial charge in [0.05, 0.1) is 0 Å². The summed E-state index contributed by atoms with van der Waals surface area (Å²) in [5.74, 6) is -0.0335. The number of alkyl halides is 2. The van der Waals surface area contributed by atoms with Gasteiger partial charge in [0.15, 0.2) is 0 Å². The van der Waals surface area contributed by atoms with Crippen LogP contribution in [0, 0.1) is 5.41 Å². The molecule has 3 rings (SSSR count). The van der Waals surface area contributed by atoms with E-state index in [1.165, 1.54) is 23.4 Å². The molecule has 128 valence electrons. The second kappa shape index (κ2) is 6.00. The highest BCUT2D eigenvalue weighted by Crippen LogP contribution is 2.42. The lowest BCUT2D eigenvalue weighted by molar-refractivity contribution is 0.0767. The maximum atomic E-state index is 12.8. The van der Waals surface area contributed by atoms with Crippen LogP contribution >= 0.6 is 0 Å². The molecule has 1 aromatic heterocycles. The Morgan fingerprint density at radius 3 is 2.54 bits per heavy atom. The van der Waals surface area contributed by atoms with Gasteiger partial charge in [-0.05, 0) is 17.0 Å². The lowest BCUT2D eigenvalue weighted by Crippen LogP contribution is -2.31. The maximum absolute atomic E-state index is 12.8. The minimum atomic E-state index is -2.68. The zero-order valence-electron chi connectivity index (χ0n) is 14.0. The predicted octanol–water partition coefficient (Wildman–Crippen LogP) is 3.62. The number of aryl methyl sites for hydroxylation is 1. The Morgan fingerprint density at radius 1 is 1.29 bits per heavy atom. The summed E-state index contributed by atoms with van der Waals surface area (Å²) in [4.78, 5) is 14.5. The predicted molar refractivity (Wildman–Crippen MR) is 87.0 cm³/mol. The van der Waals surface area contributed by atoms with E-state index < -0.39 is 6.43 Å². The van der Waals surface area contributed by atoms with Crippen molar-refractivity contribution in [1.29, 1.82) is 0 Å². The fourth-order valence-corrected chi connectivity index (χ4v) is 3.49. The second-order valence-corrected chi connectivity index (χ2v) is 7.02. The van der Waals surface area contributed by atoms with E-state index in [1.54, 1.807) is 4.90 Å². The highest BCUT2D eigenvalue weighted by Gasteiger charge is 2.42. The fourth-order valence-electron chi connectivity index (χ4n) is 3.49. The number of halogens is 2. The molecule has 0 bridgehead atoms. The van der Waals surface area contributed by atoms with Crippen LogP contribution in [0.1, 0.15) is 47.9 Å². The van der Waals surface area contributed by atoms with Crippen LogP contribution in [-0.4, -0.2) is 33.7 Å². The van der Waals surface area contributed by atoms with Crippen LogP contribution < -0.4 is 0 Å². The fraction of sp³-hybridized carbons (Fsp3) is 0.444. The molecule has 4 nitrogen and oxygen atoms in total. The summed E-state index contributed by atoms with van der Waals surface area (Å²) in [6.45, 7) is 5.42. The van der Waals surface area contributed by atoms with Crippen LogP contribution in [0.25, 0.3) is 0 Å². The molecular formula is C18H21F2N3O. The Morgan fingerprint density at radius 2 is 1.96 bits per heavy atom. The molecule has 6 heteroatoms. The molecule has 1 atom stereocenters. The quantitative estimate of drug-likeness (QED) is 0.860. The zero-order chi connectivity index (χ0) is 17.5. The number of hydrogen-bond acceptors (Lipinski definition) is 2. The summed E-state index contributed by atoms with van der Waals surface area (Å²) < 4.78 is 26.9. The average molecular weight is 333 g/mol. The van der Waals surface area contributed by atoms with Crippen molar-refractivity contribution in [1.82, 2.24) is 14.7 Å². The van der Waals surface area contributed by atoms with Crippen LogP contribution in [0.5, 0.6) is 0 Å². The number of carbonyl (C=O) groups is 1. The van der Waals surface area contributed by atoms with Crippen molar-refractivity contribution in [2.45, 2.75) is 26.2 Å². The van der Waals surface area contributed by atoms with E-state index in [1.807, 2.05) is 18.2 Å². The normalized spacial score (nSPS) is 19.9. The number of likely N-dealkylation sites (tertiary alicyclic amines) is 1. The third-order valence-corrected chi connectivity index (χ3v) is 4.78. The molecule has 1 saturated heterocycles. The SMILES string of the molecule is Cn1nc(C(F)F)cc1C(=O)N1C[C@H](c2ccccc2)C(C)(C)C1. The number of nitrogens with zero attached hydrogens (tertiary/aromatic N) is 3. The summed E-state index contributed by atoms with van der Waals surface area (Å²) in [7, 11) is 1.52. The highest BCUT2D eigenvalue weighted by atomic mass is 19.3. The number of benzene rings is 1. The highest BCUT2D eigenvalue weighted by molar-refractivity contribution is 5.93. The number of hydrogen-bond donors (Lipinski definition) is 0. The largest absolute Gasteiger partial charge is 0.336 e. The molecule has 0 aliphatic carbocycles. The molecule has 1 aromatic carbocycles. The van der Waals surface area contributed by atoms with Crippen LogP contribution in [0.2, 0.25) is 0 Å². The smallest absolute Gasteiger partial charge is 0.282 e. The molecule has 1 aliphatic heterocycles. The average Bonchev–Trinajstić information content (AvgIpc) is 3.07. The minimum Gasteiger partial charge on any atom is -0.336 e. The molecule has 0 unspecified atom stereocenters. The van der Waals surface area contributed by atoms with Crippen molar-refractivity contribution in [3.63, 3.8) is 0 Å². The van der Waals surface area contributed by atoms with Crippen LogP contribution in [0.4, 0.5) is 8.78 Å². The number of aromatic nitrogens is 2. The summed E-state index contributed by atoms with van der Waals surface area (Å²) in [5, 5.41) is 3.74.